The Hall–Kier alpha value is -2.53. The fraction of sp³-hybridized carbons (Fsp3) is 0.263. The topological polar surface area (TPSA) is 42.7 Å². The molecule has 1 saturated heterocycles. The molecule has 3 heterocycles. The summed E-state index contributed by atoms with van der Waals surface area (Å²) in [6, 6.07) is 13.0. The third-order valence-electron chi connectivity index (χ3n) is 4.49. The maximum Gasteiger partial charge on any atom is 0.123 e. The standard InChI is InChI=1S/C19H19FN4/c20-16-3-1-2-15(12-16)18-13-19(14-4-8-21-9-5-14)24(23-18)17-6-10-22-11-7-17/h1-5,8-9,12-13,17,22H,6-7,10-11H2. The number of aromatic nitrogens is 3. The summed E-state index contributed by atoms with van der Waals surface area (Å²) in [5.74, 6) is -0.241. The van der Waals surface area contributed by atoms with E-state index in [1.807, 2.05) is 24.3 Å². The SMILES string of the molecule is Fc1cccc(-c2cc(-c3ccncc3)n(C3CCNCC3)n2)c1. The van der Waals surface area contributed by atoms with E-state index in [1.165, 1.54) is 12.1 Å². The molecule has 4 rings (SSSR count). The largest absolute Gasteiger partial charge is 0.317 e. The second kappa shape index (κ2) is 6.53. The summed E-state index contributed by atoms with van der Waals surface area (Å²) in [4.78, 5) is 4.10. The Bertz CT molecular complexity index is 822. The predicted octanol–water partition coefficient (Wildman–Crippen LogP) is 3.68. The average molecular weight is 322 g/mol. The molecule has 24 heavy (non-hydrogen) atoms. The van der Waals surface area contributed by atoms with Crippen molar-refractivity contribution in [3.05, 3.63) is 60.7 Å². The number of nitrogens with zero attached hydrogens (tertiary/aromatic N) is 3. The van der Waals surface area contributed by atoms with E-state index in [4.69, 9.17) is 5.10 Å². The fourth-order valence-electron chi connectivity index (χ4n) is 3.25. The van der Waals surface area contributed by atoms with Crippen LogP contribution in [0.15, 0.2) is 54.9 Å². The van der Waals surface area contributed by atoms with Crippen LogP contribution in [0.3, 0.4) is 0 Å². The third kappa shape index (κ3) is 2.95. The van der Waals surface area contributed by atoms with Crippen molar-refractivity contribution in [2.75, 3.05) is 13.1 Å². The molecule has 1 fully saturated rings. The molecule has 2 aromatic heterocycles. The van der Waals surface area contributed by atoms with Crippen LogP contribution < -0.4 is 5.32 Å². The molecule has 0 saturated carbocycles. The van der Waals surface area contributed by atoms with Crippen molar-refractivity contribution in [2.45, 2.75) is 18.9 Å². The molecule has 5 heteroatoms. The number of pyridine rings is 1. The number of halogens is 1. The summed E-state index contributed by atoms with van der Waals surface area (Å²) in [6.45, 7) is 1.99. The van der Waals surface area contributed by atoms with Gasteiger partial charge in [-0.3, -0.25) is 9.67 Å². The van der Waals surface area contributed by atoms with Gasteiger partial charge in [-0.25, -0.2) is 4.39 Å². The van der Waals surface area contributed by atoms with Gasteiger partial charge in [0.05, 0.1) is 17.4 Å². The molecule has 0 spiro atoms. The molecule has 0 amide bonds. The van der Waals surface area contributed by atoms with Crippen LogP contribution in [0.25, 0.3) is 22.5 Å². The Labute approximate surface area is 140 Å². The van der Waals surface area contributed by atoms with Crippen molar-refractivity contribution in [1.82, 2.24) is 20.1 Å². The van der Waals surface area contributed by atoms with Crippen LogP contribution in [0, 0.1) is 5.82 Å². The summed E-state index contributed by atoms with van der Waals surface area (Å²) in [6.07, 6.45) is 5.67. The quantitative estimate of drug-likeness (QED) is 0.800. The molecule has 0 atom stereocenters. The smallest absolute Gasteiger partial charge is 0.123 e. The van der Waals surface area contributed by atoms with Crippen molar-refractivity contribution in [3.63, 3.8) is 0 Å². The number of hydrogen-bond donors (Lipinski definition) is 1. The lowest BCUT2D eigenvalue weighted by molar-refractivity contribution is 0.346. The van der Waals surface area contributed by atoms with Crippen LogP contribution in [-0.4, -0.2) is 27.9 Å². The van der Waals surface area contributed by atoms with Crippen molar-refractivity contribution >= 4 is 0 Å². The van der Waals surface area contributed by atoms with Gasteiger partial charge in [0, 0.05) is 23.5 Å². The molecule has 0 bridgehead atoms. The molecule has 0 unspecified atom stereocenters. The van der Waals surface area contributed by atoms with Crippen molar-refractivity contribution in [3.8, 4) is 22.5 Å². The lowest BCUT2D eigenvalue weighted by atomic mass is 10.1. The minimum absolute atomic E-state index is 0.241. The van der Waals surface area contributed by atoms with Gasteiger partial charge in [-0.2, -0.15) is 5.10 Å². The molecule has 1 N–H and O–H groups in total. The Morgan fingerprint density at radius 1 is 1.00 bits per heavy atom. The van der Waals surface area contributed by atoms with Gasteiger partial charge in [0.1, 0.15) is 5.82 Å². The fourth-order valence-corrected chi connectivity index (χ4v) is 3.25. The highest BCUT2D eigenvalue weighted by Crippen LogP contribution is 2.31. The van der Waals surface area contributed by atoms with Gasteiger partial charge in [0.2, 0.25) is 0 Å². The normalized spacial score (nSPS) is 15.5. The zero-order valence-corrected chi connectivity index (χ0v) is 13.3. The number of nitrogens with one attached hydrogen (secondary N) is 1. The number of rotatable bonds is 3. The van der Waals surface area contributed by atoms with Crippen LogP contribution in [0.5, 0.6) is 0 Å². The first-order valence-electron chi connectivity index (χ1n) is 8.28. The third-order valence-corrected chi connectivity index (χ3v) is 4.49. The summed E-state index contributed by atoms with van der Waals surface area (Å²) in [5.41, 5.74) is 3.75. The van der Waals surface area contributed by atoms with Gasteiger partial charge in [-0.05, 0) is 56.3 Å². The van der Waals surface area contributed by atoms with E-state index in [2.05, 4.69) is 15.0 Å². The first-order valence-corrected chi connectivity index (χ1v) is 8.28. The molecule has 3 aromatic rings. The van der Waals surface area contributed by atoms with Crippen molar-refractivity contribution < 1.29 is 4.39 Å². The summed E-state index contributed by atoms with van der Waals surface area (Å²) < 4.78 is 15.7. The lowest BCUT2D eigenvalue weighted by Crippen LogP contribution is -2.30. The van der Waals surface area contributed by atoms with E-state index in [-0.39, 0.29) is 5.82 Å². The molecule has 1 aliphatic heterocycles. The molecular formula is C19H19FN4. The Kier molecular flexibility index (Phi) is 4.09. The molecule has 0 aliphatic carbocycles. The molecule has 122 valence electrons. The van der Waals surface area contributed by atoms with Gasteiger partial charge in [-0.1, -0.05) is 12.1 Å². The van der Waals surface area contributed by atoms with Crippen LogP contribution in [-0.2, 0) is 0 Å². The number of hydrogen-bond acceptors (Lipinski definition) is 3. The van der Waals surface area contributed by atoms with Crippen molar-refractivity contribution in [1.29, 1.82) is 0 Å². The molecule has 1 aromatic carbocycles. The van der Waals surface area contributed by atoms with E-state index in [1.54, 1.807) is 18.5 Å². The van der Waals surface area contributed by atoms with Gasteiger partial charge < -0.3 is 5.32 Å². The van der Waals surface area contributed by atoms with Gasteiger partial charge >= 0.3 is 0 Å². The highest BCUT2D eigenvalue weighted by molar-refractivity contribution is 5.68. The first-order chi connectivity index (χ1) is 11.8. The monoisotopic (exact) mass is 322 g/mol. The summed E-state index contributed by atoms with van der Waals surface area (Å²) >= 11 is 0. The van der Waals surface area contributed by atoms with E-state index >= 15 is 0 Å². The highest BCUT2D eigenvalue weighted by Gasteiger charge is 2.21. The Balaban J connectivity index is 1.81. The maximum absolute atomic E-state index is 13.6. The average Bonchev–Trinajstić information content (AvgIpc) is 3.09. The molecular weight excluding hydrogens is 303 g/mol. The van der Waals surface area contributed by atoms with Gasteiger partial charge in [0.25, 0.3) is 0 Å². The molecule has 1 aliphatic rings. The zero-order chi connectivity index (χ0) is 16.4. The van der Waals surface area contributed by atoms with Gasteiger partial charge in [-0.15, -0.1) is 0 Å². The van der Waals surface area contributed by atoms with E-state index in [0.717, 1.165) is 48.4 Å². The van der Waals surface area contributed by atoms with Crippen LogP contribution in [0.1, 0.15) is 18.9 Å². The highest BCUT2D eigenvalue weighted by atomic mass is 19.1. The summed E-state index contributed by atoms with van der Waals surface area (Å²) in [7, 11) is 0. The minimum Gasteiger partial charge on any atom is -0.317 e. The minimum atomic E-state index is -0.241. The first kappa shape index (κ1) is 15.0. The zero-order valence-electron chi connectivity index (χ0n) is 13.3. The van der Waals surface area contributed by atoms with E-state index < -0.39 is 0 Å². The predicted molar refractivity (Wildman–Crippen MR) is 92.0 cm³/mol. The lowest BCUT2D eigenvalue weighted by Gasteiger charge is -2.24. The Morgan fingerprint density at radius 3 is 2.54 bits per heavy atom. The van der Waals surface area contributed by atoms with Crippen LogP contribution >= 0.6 is 0 Å². The van der Waals surface area contributed by atoms with E-state index in [0.29, 0.717) is 6.04 Å². The van der Waals surface area contributed by atoms with Crippen LogP contribution in [0.2, 0.25) is 0 Å². The number of benzene rings is 1. The Morgan fingerprint density at radius 2 is 1.79 bits per heavy atom. The second-order valence-corrected chi connectivity index (χ2v) is 6.09. The van der Waals surface area contributed by atoms with E-state index in [9.17, 15) is 4.39 Å². The van der Waals surface area contributed by atoms with Gasteiger partial charge in [0.15, 0.2) is 0 Å². The summed E-state index contributed by atoms with van der Waals surface area (Å²) in [5, 5.41) is 8.21. The molecule has 4 nitrogen and oxygen atoms in total. The maximum atomic E-state index is 13.6. The number of piperidine rings is 1. The second-order valence-electron chi connectivity index (χ2n) is 6.09. The van der Waals surface area contributed by atoms with Crippen molar-refractivity contribution in [2.24, 2.45) is 0 Å². The van der Waals surface area contributed by atoms with Crippen LogP contribution in [0.4, 0.5) is 4.39 Å². The molecule has 0 radical (unpaired) electrons.